The molecule has 2 aromatic carbocycles. The van der Waals surface area contributed by atoms with Crippen molar-refractivity contribution < 1.29 is 23.4 Å². The van der Waals surface area contributed by atoms with Crippen LogP contribution in [-0.2, 0) is 6.61 Å². The van der Waals surface area contributed by atoms with Crippen LogP contribution in [0.3, 0.4) is 0 Å². The number of hydrogen-bond acceptors (Lipinski definition) is 2. The predicted molar refractivity (Wildman–Crippen MR) is 68.8 cm³/mol. The van der Waals surface area contributed by atoms with E-state index in [0.717, 1.165) is 12.1 Å². The minimum absolute atomic E-state index is 0.0289. The molecule has 0 aliphatic carbocycles. The Morgan fingerprint density at radius 1 is 1.20 bits per heavy atom. The van der Waals surface area contributed by atoms with Crippen LogP contribution in [0.25, 0.3) is 0 Å². The van der Waals surface area contributed by atoms with Crippen LogP contribution in [0, 0.1) is 18.6 Å². The van der Waals surface area contributed by atoms with Gasteiger partial charge in [-0.05, 0) is 36.8 Å². The van der Waals surface area contributed by atoms with Crippen molar-refractivity contribution in [3.8, 4) is 5.75 Å². The second kappa shape index (κ2) is 5.69. The zero-order valence-electron chi connectivity index (χ0n) is 10.7. The van der Waals surface area contributed by atoms with E-state index >= 15 is 0 Å². The van der Waals surface area contributed by atoms with E-state index in [2.05, 4.69) is 0 Å². The lowest BCUT2D eigenvalue weighted by molar-refractivity contribution is 0.0695. The van der Waals surface area contributed by atoms with Gasteiger partial charge in [-0.3, -0.25) is 0 Å². The summed E-state index contributed by atoms with van der Waals surface area (Å²) in [6.07, 6.45) is 0. The molecule has 0 aliphatic rings. The van der Waals surface area contributed by atoms with Gasteiger partial charge in [-0.2, -0.15) is 0 Å². The minimum atomic E-state index is -1.04. The van der Waals surface area contributed by atoms with Crippen LogP contribution in [0.15, 0.2) is 36.4 Å². The Morgan fingerprint density at radius 3 is 2.60 bits per heavy atom. The van der Waals surface area contributed by atoms with Crippen molar-refractivity contribution in [2.45, 2.75) is 13.5 Å². The quantitative estimate of drug-likeness (QED) is 0.930. The van der Waals surface area contributed by atoms with E-state index in [1.165, 1.54) is 12.1 Å². The first-order chi connectivity index (χ1) is 9.49. The molecule has 0 atom stereocenters. The average Bonchev–Trinajstić information content (AvgIpc) is 2.41. The van der Waals surface area contributed by atoms with Crippen molar-refractivity contribution in [3.05, 3.63) is 64.7 Å². The summed E-state index contributed by atoms with van der Waals surface area (Å²) in [6, 6.07) is 8.15. The third-order valence-corrected chi connectivity index (χ3v) is 2.89. The lowest BCUT2D eigenvalue weighted by atomic mass is 10.1. The van der Waals surface area contributed by atoms with Crippen LogP contribution < -0.4 is 4.74 Å². The van der Waals surface area contributed by atoms with Crippen molar-refractivity contribution in [2.24, 2.45) is 0 Å². The summed E-state index contributed by atoms with van der Waals surface area (Å²) in [5.41, 5.74) is 1.10. The van der Waals surface area contributed by atoms with E-state index in [1.54, 1.807) is 19.1 Å². The van der Waals surface area contributed by atoms with Gasteiger partial charge in [0.15, 0.2) is 11.6 Å². The summed E-state index contributed by atoms with van der Waals surface area (Å²) < 4.78 is 31.3. The Morgan fingerprint density at radius 2 is 1.95 bits per heavy atom. The van der Waals surface area contributed by atoms with Gasteiger partial charge in [0.1, 0.15) is 12.4 Å². The van der Waals surface area contributed by atoms with E-state index in [9.17, 15) is 13.6 Å². The number of rotatable bonds is 4. The van der Waals surface area contributed by atoms with E-state index in [4.69, 9.17) is 9.84 Å². The van der Waals surface area contributed by atoms with Crippen LogP contribution in [0.4, 0.5) is 8.78 Å². The fourth-order valence-electron chi connectivity index (χ4n) is 1.79. The summed E-state index contributed by atoms with van der Waals surface area (Å²) in [5, 5.41) is 9.00. The number of benzene rings is 2. The summed E-state index contributed by atoms with van der Waals surface area (Å²) in [5.74, 6) is -2.50. The van der Waals surface area contributed by atoms with Crippen molar-refractivity contribution in [1.82, 2.24) is 0 Å². The molecule has 0 spiro atoms. The lowest BCUT2D eigenvalue weighted by Crippen LogP contribution is -2.03. The number of carboxylic acid groups (broad SMARTS) is 1. The molecular formula is C15H12F2O3. The molecule has 0 aliphatic heterocycles. The molecule has 0 radical (unpaired) electrons. The molecule has 0 bridgehead atoms. The molecule has 0 amide bonds. The van der Waals surface area contributed by atoms with Gasteiger partial charge >= 0.3 is 5.97 Å². The number of aromatic carboxylic acids is 1. The van der Waals surface area contributed by atoms with Crippen LogP contribution in [0.5, 0.6) is 5.75 Å². The van der Waals surface area contributed by atoms with Crippen LogP contribution in [-0.4, -0.2) is 11.1 Å². The Hall–Kier alpha value is -2.43. The molecule has 0 saturated carbocycles. The Kier molecular flexibility index (Phi) is 3.98. The molecular weight excluding hydrogens is 266 g/mol. The fourth-order valence-corrected chi connectivity index (χ4v) is 1.79. The van der Waals surface area contributed by atoms with Gasteiger partial charge in [0.2, 0.25) is 0 Å². The molecule has 20 heavy (non-hydrogen) atoms. The fraction of sp³-hybridized carbons (Fsp3) is 0.133. The first kappa shape index (κ1) is 14.0. The molecule has 3 nitrogen and oxygen atoms in total. The topological polar surface area (TPSA) is 46.5 Å². The number of carboxylic acids is 1. The van der Waals surface area contributed by atoms with Crippen molar-refractivity contribution in [3.63, 3.8) is 0 Å². The maximum absolute atomic E-state index is 13.0. The highest BCUT2D eigenvalue weighted by Gasteiger charge is 2.11. The highest BCUT2D eigenvalue weighted by atomic mass is 19.2. The molecule has 0 aromatic heterocycles. The smallest absolute Gasteiger partial charge is 0.336 e. The maximum Gasteiger partial charge on any atom is 0.336 e. The zero-order valence-corrected chi connectivity index (χ0v) is 10.7. The van der Waals surface area contributed by atoms with Gasteiger partial charge in [0, 0.05) is 5.56 Å². The first-order valence-corrected chi connectivity index (χ1v) is 5.88. The number of ether oxygens (including phenoxy) is 1. The van der Waals surface area contributed by atoms with E-state index in [-0.39, 0.29) is 12.2 Å². The molecule has 0 fully saturated rings. The molecule has 2 rings (SSSR count). The lowest BCUT2D eigenvalue weighted by Gasteiger charge is -2.11. The first-order valence-electron chi connectivity index (χ1n) is 5.88. The Balaban J connectivity index is 2.17. The Bertz CT molecular complexity index is 654. The normalized spacial score (nSPS) is 10.3. The number of hydrogen-bond donors (Lipinski definition) is 1. The van der Waals surface area contributed by atoms with Gasteiger partial charge in [0.05, 0.1) is 5.56 Å². The molecule has 1 N–H and O–H groups in total. The molecule has 104 valence electrons. The highest BCUT2D eigenvalue weighted by molar-refractivity contribution is 5.90. The summed E-state index contributed by atoms with van der Waals surface area (Å²) >= 11 is 0. The third-order valence-electron chi connectivity index (χ3n) is 2.89. The van der Waals surface area contributed by atoms with Gasteiger partial charge in [0.25, 0.3) is 0 Å². The SMILES string of the molecule is Cc1c(OCc2ccc(F)c(F)c2)cccc1C(=O)O. The van der Waals surface area contributed by atoms with Gasteiger partial charge < -0.3 is 9.84 Å². The van der Waals surface area contributed by atoms with Gasteiger partial charge in [-0.15, -0.1) is 0 Å². The number of halogens is 2. The van der Waals surface area contributed by atoms with E-state index < -0.39 is 17.6 Å². The zero-order chi connectivity index (χ0) is 14.7. The molecule has 0 unspecified atom stereocenters. The van der Waals surface area contributed by atoms with Crippen molar-refractivity contribution >= 4 is 5.97 Å². The largest absolute Gasteiger partial charge is 0.489 e. The Labute approximate surface area is 114 Å². The highest BCUT2D eigenvalue weighted by Crippen LogP contribution is 2.22. The molecule has 5 heteroatoms. The summed E-state index contributed by atoms with van der Waals surface area (Å²) in [6.45, 7) is 1.66. The van der Waals surface area contributed by atoms with Crippen LogP contribution in [0.2, 0.25) is 0 Å². The minimum Gasteiger partial charge on any atom is -0.489 e. The second-order valence-corrected chi connectivity index (χ2v) is 4.27. The van der Waals surface area contributed by atoms with Crippen LogP contribution in [0.1, 0.15) is 21.5 Å². The average molecular weight is 278 g/mol. The standard InChI is InChI=1S/C15H12F2O3/c1-9-11(15(18)19)3-2-4-14(9)20-8-10-5-6-12(16)13(17)7-10/h2-7H,8H2,1H3,(H,18,19). The van der Waals surface area contributed by atoms with Crippen molar-refractivity contribution in [1.29, 1.82) is 0 Å². The number of carbonyl (C=O) groups is 1. The summed E-state index contributed by atoms with van der Waals surface area (Å²) in [7, 11) is 0. The monoisotopic (exact) mass is 278 g/mol. The van der Waals surface area contributed by atoms with E-state index in [0.29, 0.717) is 16.9 Å². The predicted octanol–water partition coefficient (Wildman–Crippen LogP) is 3.55. The van der Waals surface area contributed by atoms with Crippen LogP contribution >= 0.6 is 0 Å². The molecule has 2 aromatic rings. The van der Waals surface area contributed by atoms with Crippen molar-refractivity contribution in [2.75, 3.05) is 0 Å². The van der Waals surface area contributed by atoms with E-state index in [1.807, 2.05) is 0 Å². The summed E-state index contributed by atoms with van der Waals surface area (Å²) in [4.78, 5) is 11.0. The third kappa shape index (κ3) is 2.93. The molecule has 0 saturated heterocycles. The maximum atomic E-state index is 13.0. The van der Waals surface area contributed by atoms with Gasteiger partial charge in [-0.25, -0.2) is 13.6 Å². The molecule has 0 heterocycles. The van der Waals surface area contributed by atoms with Gasteiger partial charge in [-0.1, -0.05) is 12.1 Å². The second-order valence-electron chi connectivity index (χ2n) is 4.27.